The quantitative estimate of drug-likeness (QED) is 0.505. The fraction of sp³-hybridized carbons (Fsp3) is 0.286. The third-order valence-corrected chi connectivity index (χ3v) is 4.56. The molecular formula is C21H23N3O6. The summed E-state index contributed by atoms with van der Waals surface area (Å²) in [6.07, 6.45) is 0.481. The lowest BCUT2D eigenvalue weighted by molar-refractivity contribution is -0.136. The lowest BCUT2D eigenvalue weighted by Gasteiger charge is -2.15. The third kappa shape index (κ3) is 5.06. The van der Waals surface area contributed by atoms with Gasteiger partial charge in [-0.25, -0.2) is 0 Å². The molecule has 2 aromatic rings. The van der Waals surface area contributed by atoms with Gasteiger partial charge < -0.3 is 30.5 Å². The molecule has 1 atom stereocenters. The van der Waals surface area contributed by atoms with Gasteiger partial charge in [-0.1, -0.05) is 25.1 Å². The van der Waals surface area contributed by atoms with Gasteiger partial charge in [0.15, 0.2) is 11.5 Å². The van der Waals surface area contributed by atoms with Crippen molar-refractivity contribution in [2.24, 2.45) is 0 Å². The lowest BCUT2D eigenvalue weighted by atomic mass is 10.1. The van der Waals surface area contributed by atoms with Gasteiger partial charge in [-0.05, 0) is 36.2 Å². The van der Waals surface area contributed by atoms with Crippen molar-refractivity contribution in [2.75, 3.05) is 18.7 Å². The number of aliphatic hydroxyl groups is 1. The van der Waals surface area contributed by atoms with E-state index in [0.717, 1.165) is 5.56 Å². The number of nitrogens with one attached hydrogen (secondary N) is 3. The molecular weight excluding hydrogens is 390 g/mol. The van der Waals surface area contributed by atoms with Crippen molar-refractivity contribution in [3.63, 3.8) is 0 Å². The molecule has 3 rings (SSSR count). The number of aliphatic hydroxyl groups excluding tert-OH is 1. The van der Waals surface area contributed by atoms with E-state index in [1.165, 1.54) is 6.07 Å². The SMILES string of the molecule is CC[C@@H](CO)NC(=O)C(=O)Nc1ccccc1C(=O)NCc1ccc2c(c1)OCO2. The first kappa shape index (κ1) is 21.1. The molecule has 0 fully saturated rings. The van der Waals surface area contributed by atoms with Crippen LogP contribution in [0, 0.1) is 0 Å². The van der Waals surface area contributed by atoms with Gasteiger partial charge >= 0.3 is 11.8 Å². The molecule has 4 N–H and O–H groups in total. The normalized spacial score (nSPS) is 12.7. The third-order valence-electron chi connectivity index (χ3n) is 4.56. The highest BCUT2D eigenvalue weighted by Gasteiger charge is 2.20. The Hall–Kier alpha value is -3.59. The van der Waals surface area contributed by atoms with Gasteiger partial charge in [0.2, 0.25) is 6.79 Å². The maximum Gasteiger partial charge on any atom is 0.313 e. The zero-order valence-electron chi connectivity index (χ0n) is 16.4. The maximum absolute atomic E-state index is 12.6. The molecule has 1 aliphatic rings. The summed E-state index contributed by atoms with van der Waals surface area (Å²) in [6.45, 7) is 1.92. The molecule has 0 saturated heterocycles. The van der Waals surface area contributed by atoms with E-state index >= 15 is 0 Å². The van der Waals surface area contributed by atoms with Crippen LogP contribution in [-0.4, -0.2) is 42.3 Å². The molecule has 0 unspecified atom stereocenters. The Labute approximate surface area is 173 Å². The highest BCUT2D eigenvalue weighted by molar-refractivity contribution is 6.40. The van der Waals surface area contributed by atoms with Gasteiger partial charge in [0, 0.05) is 6.54 Å². The average molecular weight is 413 g/mol. The van der Waals surface area contributed by atoms with E-state index in [2.05, 4.69) is 16.0 Å². The van der Waals surface area contributed by atoms with Crippen molar-refractivity contribution in [1.82, 2.24) is 10.6 Å². The molecule has 1 heterocycles. The van der Waals surface area contributed by atoms with Crippen LogP contribution in [0.15, 0.2) is 42.5 Å². The van der Waals surface area contributed by atoms with Crippen molar-refractivity contribution in [3.05, 3.63) is 53.6 Å². The molecule has 0 aliphatic carbocycles. The second kappa shape index (κ2) is 9.75. The van der Waals surface area contributed by atoms with E-state index in [1.54, 1.807) is 37.3 Å². The molecule has 0 aromatic heterocycles. The minimum absolute atomic E-state index is 0.170. The van der Waals surface area contributed by atoms with E-state index < -0.39 is 23.8 Å². The van der Waals surface area contributed by atoms with Crippen LogP contribution < -0.4 is 25.4 Å². The van der Waals surface area contributed by atoms with Crippen LogP contribution in [-0.2, 0) is 16.1 Å². The summed E-state index contributed by atoms with van der Waals surface area (Å²) >= 11 is 0. The number of anilines is 1. The Morgan fingerprint density at radius 3 is 2.60 bits per heavy atom. The summed E-state index contributed by atoms with van der Waals surface area (Å²) in [4.78, 5) is 36.8. The second-order valence-corrected chi connectivity index (χ2v) is 6.63. The summed E-state index contributed by atoms with van der Waals surface area (Å²) in [5.74, 6) is -0.938. The van der Waals surface area contributed by atoms with Crippen LogP contribution in [0.25, 0.3) is 0 Å². The predicted molar refractivity (Wildman–Crippen MR) is 108 cm³/mol. The number of hydrogen-bond acceptors (Lipinski definition) is 6. The van der Waals surface area contributed by atoms with Gasteiger partial charge in [0.05, 0.1) is 23.9 Å². The summed E-state index contributed by atoms with van der Waals surface area (Å²) in [6, 6.07) is 11.2. The second-order valence-electron chi connectivity index (χ2n) is 6.63. The Morgan fingerprint density at radius 1 is 1.07 bits per heavy atom. The number of carbonyl (C=O) groups excluding carboxylic acids is 3. The van der Waals surface area contributed by atoms with Crippen molar-refractivity contribution >= 4 is 23.4 Å². The molecule has 0 bridgehead atoms. The average Bonchev–Trinajstić information content (AvgIpc) is 3.23. The molecule has 0 spiro atoms. The lowest BCUT2D eigenvalue weighted by Crippen LogP contribution is -2.43. The number of rotatable bonds is 7. The number of amides is 3. The highest BCUT2D eigenvalue weighted by Crippen LogP contribution is 2.32. The van der Waals surface area contributed by atoms with Gasteiger partial charge in [-0.2, -0.15) is 0 Å². The van der Waals surface area contributed by atoms with Crippen LogP contribution in [0.4, 0.5) is 5.69 Å². The zero-order chi connectivity index (χ0) is 21.5. The van der Waals surface area contributed by atoms with E-state index in [-0.39, 0.29) is 31.2 Å². The van der Waals surface area contributed by atoms with Crippen molar-refractivity contribution in [3.8, 4) is 11.5 Å². The van der Waals surface area contributed by atoms with Gasteiger partial charge in [-0.3, -0.25) is 14.4 Å². The van der Waals surface area contributed by atoms with Gasteiger partial charge in [0.25, 0.3) is 5.91 Å². The Bertz CT molecular complexity index is 942. The number of ether oxygens (including phenoxy) is 2. The first-order chi connectivity index (χ1) is 14.5. The number of fused-ring (bicyclic) bond motifs is 1. The topological polar surface area (TPSA) is 126 Å². The standard InChI is InChI=1S/C21H23N3O6/c1-2-14(11-25)23-20(27)21(28)24-16-6-4-3-5-15(16)19(26)22-10-13-7-8-17-18(9-13)30-12-29-17/h3-9,14,25H,2,10-12H2,1H3,(H,22,26)(H,23,27)(H,24,28)/t14-/m0/s1. The first-order valence-electron chi connectivity index (χ1n) is 9.50. The van der Waals surface area contributed by atoms with Crippen molar-refractivity contribution < 1.29 is 29.0 Å². The molecule has 158 valence electrons. The molecule has 0 saturated carbocycles. The Morgan fingerprint density at radius 2 is 1.83 bits per heavy atom. The maximum atomic E-state index is 12.6. The Balaban J connectivity index is 1.63. The monoisotopic (exact) mass is 413 g/mol. The largest absolute Gasteiger partial charge is 0.454 e. The molecule has 1 aliphatic heterocycles. The van der Waals surface area contributed by atoms with Crippen LogP contribution in [0.1, 0.15) is 29.3 Å². The molecule has 9 heteroatoms. The van der Waals surface area contributed by atoms with Gasteiger partial charge in [0.1, 0.15) is 0 Å². The van der Waals surface area contributed by atoms with Crippen LogP contribution in [0.3, 0.4) is 0 Å². The minimum atomic E-state index is -0.919. The summed E-state index contributed by atoms with van der Waals surface area (Å²) in [7, 11) is 0. The van der Waals surface area contributed by atoms with Crippen LogP contribution >= 0.6 is 0 Å². The fourth-order valence-electron chi connectivity index (χ4n) is 2.83. The molecule has 2 aromatic carbocycles. The number of hydrogen-bond donors (Lipinski definition) is 4. The fourth-order valence-corrected chi connectivity index (χ4v) is 2.83. The van der Waals surface area contributed by atoms with Crippen LogP contribution in [0.2, 0.25) is 0 Å². The molecule has 9 nitrogen and oxygen atoms in total. The predicted octanol–water partition coefficient (Wildman–Crippen LogP) is 1.17. The first-order valence-corrected chi connectivity index (χ1v) is 9.50. The van der Waals surface area contributed by atoms with Crippen molar-refractivity contribution in [2.45, 2.75) is 25.9 Å². The molecule has 3 amide bonds. The summed E-state index contributed by atoms with van der Waals surface area (Å²) < 4.78 is 10.6. The summed E-state index contributed by atoms with van der Waals surface area (Å²) in [5.41, 5.74) is 1.24. The van der Waals surface area contributed by atoms with E-state index in [1.807, 2.05) is 6.07 Å². The molecule has 30 heavy (non-hydrogen) atoms. The van der Waals surface area contributed by atoms with Gasteiger partial charge in [-0.15, -0.1) is 0 Å². The number of carbonyl (C=O) groups is 3. The number of benzene rings is 2. The zero-order valence-corrected chi connectivity index (χ0v) is 16.4. The summed E-state index contributed by atoms with van der Waals surface area (Å²) in [5, 5.41) is 16.8. The minimum Gasteiger partial charge on any atom is -0.454 e. The Kier molecular flexibility index (Phi) is 6.87. The number of para-hydroxylation sites is 1. The molecule has 0 radical (unpaired) electrons. The van der Waals surface area contributed by atoms with E-state index in [9.17, 15) is 14.4 Å². The smallest absolute Gasteiger partial charge is 0.313 e. The van der Waals surface area contributed by atoms with Crippen LogP contribution in [0.5, 0.6) is 11.5 Å². The van der Waals surface area contributed by atoms with E-state index in [4.69, 9.17) is 14.6 Å². The van der Waals surface area contributed by atoms with E-state index in [0.29, 0.717) is 17.9 Å². The van der Waals surface area contributed by atoms with Crippen molar-refractivity contribution in [1.29, 1.82) is 0 Å². The highest BCUT2D eigenvalue weighted by atomic mass is 16.7.